The number of anilines is 1. The molecule has 1 aliphatic rings. The van der Waals surface area contributed by atoms with Crippen molar-refractivity contribution in [2.75, 3.05) is 18.9 Å². The number of benzene rings is 1. The van der Waals surface area contributed by atoms with Crippen molar-refractivity contribution in [1.29, 1.82) is 0 Å². The number of ether oxygens (including phenoxy) is 2. The third kappa shape index (κ3) is 2.30. The number of hydrogen-bond acceptors (Lipinski definition) is 3. The maximum atomic E-state index is 5.83. The van der Waals surface area contributed by atoms with E-state index in [1.54, 1.807) is 0 Å². The maximum Gasteiger partial charge on any atom is 0.142 e. The highest BCUT2D eigenvalue weighted by Gasteiger charge is 2.17. The summed E-state index contributed by atoms with van der Waals surface area (Å²) >= 11 is 2.23. The van der Waals surface area contributed by atoms with Crippen LogP contribution in [-0.4, -0.2) is 19.3 Å². The fraction of sp³-hybridized carbons (Fsp3) is 0.400. The molecule has 1 aromatic rings. The summed E-state index contributed by atoms with van der Waals surface area (Å²) in [6.45, 7) is 1.46. The smallest absolute Gasteiger partial charge is 0.142 e. The second-order valence-electron chi connectivity index (χ2n) is 3.29. The zero-order valence-corrected chi connectivity index (χ0v) is 9.86. The molecule has 0 bridgehead atoms. The molecule has 0 aromatic heterocycles. The van der Waals surface area contributed by atoms with Gasteiger partial charge >= 0.3 is 0 Å². The summed E-state index contributed by atoms with van der Waals surface area (Å²) in [5.74, 6) is 0.765. The molecule has 1 aliphatic heterocycles. The predicted molar refractivity (Wildman–Crippen MR) is 63.4 cm³/mol. The lowest BCUT2D eigenvalue weighted by molar-refractivity contribution is 0.142. The lowest BCUT2D eigenvalue weighted by Crippen LogP contribution is -2.16. The van der Waals surface area contributed by atoms with Crippen LogP contribution in [0.1, 0.15) is 6.42 Å². The van der Waals surface area contributed by atoms with Crippen LogP contribution in [0.25, 0.3) is 0 Å². The Labute approximate surface area is 96.7 Å². The van der Waals surface area contributed by atoms with Crippen molar-refractivity contribution in [2.24, 2.45) is 0 Å². The average molecular weight is 305 g/mol. The number of rotatable bonds is 2. The highest BCUT2D eigenvalue weighted by Crippen LogP contribution is 2.25. The van der Waals surface area contributed by atoms with Crippen molar-refractivity contribution < 1.29 is 9.47 Å². The number of hydrogen-bond donors (Lipinski definition) is 1. The summed E-state index contributed by atoms with van der Waals surface area (Å²) in [6.07, 6.45) is 1.11. The van der Waals surface area contributed by atoms with Crippen molar-refractivity contribution in [2.45, 2.75) is 12.5 Å². The zero-order valence-electron chi connectivity index (χ0n) is 7.70. The Bertz CT molecular complexity index is 324. The van der Waals surface area contributed by atoms with Gasteiger partial charge in [-0.05, 0) is 40.8 Å². The van der Waals surface area contributed by atoms with Crippen LogP contribution in [0.3, 0.4) is 0 Å². The van der Waals surface area contributed by atoms with E-state index in [1.807, 2.05) is 18.2 Å². The van der Waals surface area contributed by atoms with Gasteiger partial charge in [-0.2, -0.15) is 0 Å². The second kappa shape index (κ2) is 4.35. The third-order valence-corrected chi connectivity index (χ3v) is 2.82. The Hall–Kier alpha value is -0.490. The highest BCUT2D eigenvalue weighted by atomic mass is 127. The summed E-state index contributed by atoms with van der Waals surface area (Å²) in [4.78, 5) is 0. The molecule has 1 fully saturated rings. The van der Waals surface area contributed by atoms with Gasteiger partial charge in [0.2, 0.25) is 0 Å². The van der Waals surface area contributed by atoms with E-state index in [0.29, 0.717) is 12.3 Å². The molecule has 0 spiro atoms. The summed E-state index contributed by atoms with van der Waals surface area (Å²) in [5, 5.41) is 0. The van der Waals surface area contributed by atoms with Gasteiger partial charge in [-0.15, -0.1) is 0 Å². The van der Waals surface area contributed by atoms with Crippen LogP contribution in [0, 0.1) is 3.57 Å². The molecule has 4 heteroatoms. The van der Waals surface area contributed by atoms with Gasteiger partial charge in [0.1, 0.15) is 11.9 Å². The highest BCUT2D eigenvalue weighted by molar-refractivity contribution is 14.1. The van der Waals surface area contributed by atoms with Crippen LogP contribution >= 0.6 is 22.6 Å². The van der Waals surface area contributed by atoms with Gasteiger partial charge in [0.25, 0.3) is 0 Å². The summed E-state index contributed by atoms with van der Waals surface area (Å²) in [5.41, 5.74) is 6.53. The minimum absolute atomic E-state index is 0.164. The first kappa shape index (κ1) is 10.0. The third-order valence-electron chi connectivity index (χ3n) is 2.15. The molecule has 1 aromatic carbocycles. The molecule has 1 saturated heterocycles. The van der Waals surface area contributed by atoms with Crippen LogP contribution in [0.2, 0.25) is 0 Å². The SMILES string of the molecule is Nc1cc(I)ccc1OC1CCOC1. The van der Waals surface area contributed by atoms with E-state index in [2.05, 4.69) is 22.6 Å². The van der Waals surface area contributed by atoms with Gasteiger partial charge in [0, 0.05) is 9.99 Å². The molecule has 76 valence electrons. The van der Waals surface area contributed by atoms with Gasteiger partial charge in [0.15, 0.2) is 0 Å². The zero-order chi connectivity index (χ0) is 9.97. The van der Waals surface area contributed by atoms with E-state index in [0.717, 1.165) is 22.3 Å². The largest absolute Gasteiger partial charge is 0.486 e. The van der Waals surface area contributed by atoms with Crippen LogP contribution in [0.4, 0.5) is 5.69 Å². The van der Waals surface area contributed by atoms with E-state index in [-0.39, 0.29) is 6.10 Å². The van der Waals surface area contributed by atoms with Crippen molar-refractivity contribution in [3.05, 3.63) is 21.8 Å². The molecule has 1 heterocycles. The number of nitrogens with two attached hydrogens (primary N) is 1. The fourth-order valence-corrected chi connectivity index (χ4v) is 1.93. The quantitative estimate of drug-likeness (QED) is 0.672. The van der Waals surface area contributed by atoms with Crippen LogP contribution < -0.4 is 10.5 Å². The Morgan fingerprint density at radius 3 is 3.00 bits per heavy atom. The van der Waals surface area contributed by atoms with Crippen LogP contribution in [0.15, 0.2) is 18.2 Å². The Morgan fingerprint density at radius 2 is 2.36 bits per heavy atom. The first-order valence-electron chi connectivity index (χ1n) is 4.55. The number of nitrogen functional groups attached to an aromatic ring is 1. The van der Waals surface area contributed by atoms with E-state index in [4.69, 9.17) is 15.2 Å². The molecule has 1 atom stereocenters. The van der Waals surface area contributed by atoms with Crippen molar-refractivity contribution in [1.82, 2.24) is 0 Å². The monoisotopic (exact) mass is 305 g/mol. The summed E-state index contributed by atoms with van der Waals surface area (Å²) in [7, 11) is 0. The van der Waals surface area contributed by atoms with Gasteiger partial charge in [0.05, 0.1) is 18.9 Å². The van der Waals surface area contributed by atoms with Crippen molar-refractivity contribution in [3.8, 4) is 5.75 Å². The standard InChI is InChI=1S/C10H12INO2/c11-7-1-2-10(9(12)5-7)14-8-3-4-13-6-8/h1-2,5,8H,3-4,6,12H2. The van der Waals surface area contributed by atoms with E-state index >= 15 is 0 Å². The van der Waals surface area contributed by atoms with Crippen LogP contribution in [-0.2, 0) is 4.74 Å². The normalized spacial score (nSPS) is 21.1. The summed E-state index contributed by atoms with van der Waals surface area (Å²) < 4.78 is 12.1. The van der Waals surface area contributed by atoms with Crippen molar-refractivity contribution in [3.63, 3.8) is 0 Å². The van der Waals surface area contributed by atoms with Gasteiger partial charge < -0.3 is 15.2 Å². The molecular weight excluding hydrogens is 293 g/mol. The lowest BCUT2D eigenvalue weighted by atomic mass is 10.3. The van der Waals surface area contributed by atoms with E-state index < -0.39 is 0 Å². The topological polar surface area (TPSA) is 44.5 Å². The minimum atomic E-state index is 0.164. The fourth-order valence-electron chi connectivity index (χ4n) is 1.41. The lowest BCUT2D eigenvalue weighted by Gasteiger charge is -2.13. The molecule has 3 nitrogen and oxygen atoms in total. The minimum Gasteiger partial charge on any atom is -0.486 e. The van der Waals surface area contributed by atoms with Crippen molar-refractivity contribution >= 4 is 28.3 Å². The molecule has 0 aliphatic carbocycles. The average Bonchev–Trinajstić information content (AvgIpc) is 2.62. The maximum absolute atomic E-state index is 5.83. The van der Waals surface area contributed by atoms with Gasteiger partial charge in [-0.3, -0.25) is 0 Å². The molecule has 0 saturated carbocycles. The number of halogens is 1. The predicted octanol–water partition coefficient (Wildman–Crippen LogP) is 2.04. The molecule has 1 unspecified atom stereocenters. The van der Waals surface area contributed by atoms with E-state index in [9.17, 15) is 0 Å². The van der Waals surface area contributed by atoms with E-state index in [1.165, 1.54) is 0 Å². The first-order valence-corrected chi connectivity index (χ1v) is 5.63. The van der Waals surface area contributed by atoms with Gasteiger partial charge in [-0.25, -0.2) is 0 Å². The molecule has 2 rings (SSSR count). The first-order chi connectivity index (χ1) is 6.75. The Kier molecular flexibility index (Phi) is 3.12. The Balaban J connectivity index is 2.08. The van der Waals surface area contributed by atoms with Crippen LogP contribution in [0.5, 0.6) is 5.75 Å². The molecule has 0 radical (unpaired) electrons. The summed E-state index contributed by atoms with van der Waals surface area (Å²) in [6, 6.07) is 5.81. The Morgan fingerprint density at radius 1 is 1.50 bits per heavy atom. The second-order valence-corrected chi connectivity index (χ2v) is 4.53. The molecular formula is C10H12INO2. The van der Waals surface area contributed by atoms with Gasteiger partial charge in [-0.1, -0.05) is 0 Å². The molecule has 2 N–H and O–H groups in total. The molecule has 14 heavy (non-hydrogen) atoms. The molecule has 0 amide bonds.